The van der Waals surface area contributed by atoms with Crippen molar-refractivity contribution in [1.29, 1.82) is 0 Å². The second kappa shape index (κ2) is 8.92. The fraction of sp³-hybridized carbons (Fsp3) is 0.450. The molecule has 0 aliphatic carbocycles. The van der Waals surface area contributed by atoms with Gasteiger partial charge in [-0.2, -0.15) is 0 Å². The number of anilines is 2. The standard InChI is InChI=1S/C20H27N5O2/c1-14-5-4-6-17(15(14)2)24-19-13-18(22-16(3)23-19)20(26)21-7-8-25-9-11-27-12-10-25/h4-6,13H,7-12H2,1-3H3,(H,21,26)(H,22,23,24). The Balaban J connectivity index is 1.63. The summed E-state index contributed by atoms with van der Waals surface area (Å²) in [5.41, 5.74) is 3.71. The van der Waals surface area contributed by atoms with Crippen LogP contribution >= 0.6 is 0 Å². The maximum atomic E-state index is 12.5. The normalized spacial score (nSPS) is 14.8. The number of morpholine rings is 1. The van der Waals surface area contributed by atoms with Crippen LogP contribution in [0.5, 0.6) is 0 Å². The Kier molecular flexibility index (Phi) is 6.36. The molecule has 0 atom stereocenters. The second-order valence-electron chi connectivity index (χ2n) is 6.77. The lowest BCUT2D eigenvalue weighted by Crippen LogP contribution is -2.41. The van der Waals surface area contributed by atoms with Crippen molar-refractivity contribution in [3.63, 3.8) is 0 Å². The van der Waals surface area contributed by atoms with Gasteiger partial charge < -0.3 is 15.4 Å². The molecule has 1 aliphatic heterocycles. The van der Waals surface area contributed by atoms with E-state index in [1.165, 1.54) is 5.56 Å². The molecule has 0 spiro atoms. The fourth-order valence-electron chi connectivity index (χ4n) is 3.02. The minimum absolute atomic E-state index is 0.183. The van der Waals surface area contributed by atoms with Crippen LogP contribution in [0.3, 0.4) is 0 Å². The molecule has 3 rings (SSSR count). The molecule has 1 aromatic heterocycles. The van der Waals surface area contributed by atoms with E-state index in [1.54, 1.807) is 13.0 Å². The summed E-state index contributed by atoms with van der Waals surface area (Å²) in [4.78, 5) is 23.5. The number of hydrogen-bond acceptors (Lipinski definition) is 6. The van der Waals surface area contributed by atoms with Crippen LogP contribution in [0.25, 0.3) is 0 Å². The zero-order valence-electron chi connectivity index (χ0n) is 16.2. The number of nitrogens with one attached hydrogen (secondary N) is 2. The number of benzene rings is 1. The molecule has 0 unspecified atom stereocenters. The van der Waals surface area contributed by atoms with Gasteiger partial charge in [0.05, 0.1) is 13.2 Å². The van der Waals surface area contributed by atoms with E-state index in [1.807, 2.05) is 12.1 Å². The van der Waals surface area contributed by atoms with Crippen LogP contribution < -0.4 is 10.6 Å². The van der Waals surface area contributed by atoms with Gasteiger partial charge in [-0.1, -0.05) is 12.1 Å². The first-order chi connectivity index (χ1) is 13.0. The quantitative estimate of drug-likeness (QED) is 0.813. The van der Waals surface area contributed by atoms with E-state index >= 15 is 0 Å². The largest absolute Gasteiger partial charge is 0.379 e. The zero-order valence-corrected chi connectivity index (χ0v) is 16.2. The molecular weight excluding hydrogens is 342 g/mol. The highest BCUT2D eigenvalue weighted by Crippen LogP contribution is 2.22. The number of rotatable bonds is 6. The first-order valence-corrected chi connectivity index (χ1v) is 9.30. The maximum absolute atomic E-state index is 12.5. The predicted molar refractivity (Wildman–Crippen MR) is 106 cm³/mol. The summed E-state index contributed by atoms with van der Waals surface area (Å²) in [6.45, 7) is 10.6. The van der Waals surface area contributed by atoms with E-state index in [-0.39, 0.29) is 5.91 Å². The highest BCUT2D eigenvalue weighted by atomic mass is 16.5. The smallest absolute Gasteiger partial charge is 0.270 e. The van der Waals surface area contributed by atoms with Gasteiger partial charge in [-0.3, -0.25) is 9.69 Å². The third-order valence-electron chi connectivity index (χ3n) is 4.76. The Morgan fingerprint density at radius 2 is 1.96 bits per heavy atom. The van der Waals surface area contributed by atoms with Gasteiger partial charge in [0.25, 0.3) is 5.91 Å². The fourth-order valence-corrected chi connectivity index (χ4v) is 3.02. The van der Waals surface area contributed by atoms with Gasteiger partial charge in [0.1, 0.15) is 17.3 Å². The van der Waals surface area contributed by atoms with Crippen molar-refractivity contribution in [3.05, 3.63) is 46.9 Å². The van der Waals surface area contributed by atoms with Gasteiger partial charge in [-0.05, 0) is 38.0 Å². The molecule has 144 valence electrons. The average molecular weight is 369 g/mol. The summed E-state index contributed by atoms with van der Waals surface area (Å²) < 4.78 is 5.33. The summed E-state index contributed by atoms with van der Waals surface area (Å²) >= 11 is 0. The van der Waals surface area contributed by atoms with Crippen molar-refractivity contribution in [3.8, 4) is 0 Å². The van der Waals surface area contributed by atoms with Gasteiger partial charge in [-0.25, -0.2) is 9.97 Å². The number of hydrogen-bond donors (Lipinski definition) is 2. The van der Waals surface area contributed by atoms with E-state index in [9.17, 15) is 4.79 Å². The summed E-state index contributed by atoms with van der Waals surface area (Å²) in [6, 6.07) is 7.76. The Morgan fingerprint density at radius 3 is 2.74 bits per heavy atom. The van der Waals surface area contributed by atoms with Gasteiger partial charge in [-0.15, -0.1) is 0 Å². The van der Waals surface area contributed by atoms with Crippen LogP contribution in [0.4, 0.5) is 11.5 Å². The number of amides is 1. The zero-order chi connectivity index (χ0) is 19.2. The molecule has 1 saturated heterocycles. The number of aromatic nitrogens is 2. The molecule has 0 bridgehead atoms. The van der Waals surface area contributed by atoms with E-state index < -0.39 is 0 Å². The minimum atomic E-state index is -0.183. The molecule has 7 heteroatoms. The maximum Gasteiger partial charge on any atom is 0.270 e. The molecule has 7 nitrogen and oxygen atoms in total. The van der Waals surface area contributed by atoms with Crippen molar-refractivity contribution in [1.82, 2.24) is 20.2 Å². The van der Waals surface area contributed by atoms with Crippen molar-refractivity contribution in [2.75, 3.05) is 44.7 Å². The average Bonchev–Trinajstić information content (AvgIpc) is 2.66. The number of nitrogens with zero attached hydrogens (tertiary/aromatic N) is 3. The van der Waals surface area contributed by atoms with Crippen LogP contribution in [-0.4, -0.2) is 60.2 Å². The summed E-state index contributed by atoms with van der Waals surface area (Å²) in [5, 5.41) is 6.25. The van der Waals surface area contributed by atoms with Crippen molar-refractivity contribution in [2.24, 2.45) is 0 Å². The number of ether oxygens (including phenoxy) is 1. The van der Waals surface area contributed by atoms with E-state index in [0.29, 0.717) is 23.9 Å². The van der Waals surface area contributed by atoms with Crippen LogP contribution in [-0.2, 0) is 4.74 Å². The molecule has 1 fully saturated rings. The third kappa shape index (κ3) is 5.24. The lowest BCUT2D eigenvalue weighted by molar-refractivity contribution is 0.0383. The lowest BCUT2D eigenvalue weighted by atomic mass is 10.1. The molecule has 27 heavy (non-hydrogen) atoms. The van der Waals surface area contributed by atoms with E-state index in [2.05, 4.69) is 45.4 Å². The Morgan fingerprint density at radius 1 is 1.19 bits per heavy atom. The first kappa shape index (κ1) is 19.3. The van der Waals surface area contributed by atoms with Crippen molar-refractivity contribution in [2.45, 2.75) is 20.8 Å². The summed E-state index contributed by atoms with van der Waals surface area (Å²) in [5.74, 6) is 0.996. The molecule has 1 aromatic carbocycles. The van der Waals surface area contributed by atoms with Gasteiger partial charge in [0.15, 0.2) is 0 Å². The molecular formula is C20H27N5O2. The van der Waals surface area contributed by atoms with Crippen LogP contribution in [0.1, 0.15) is 27.4 Å². The van der Waals surface area contributed by atoms with Crippen molar-refractivity contribution >= 4 is 17.4 Å². The van der Waals surface area contributed by atoms with Gasteiger partial charge >= 0.3 is 0 Å². The van der Waals surface area contributed by atoms with Crippen LogP contribution in [0.15, 0.2) is 24.3 Å². The molecule has 0 saturated carbocycles. The Labute approximate surface area is 160 Å². The second-order valence-corrected chi connectivity index (χ2v) is 6.77. The summed E-state index contributed by atoms with van der Waals surface area (Å²) in [7, 11) is 0. The van der Waals surface area contributed by atoms with Crippen LogP contribution in [0.2, 0.25) is 0 Å². The van der Waals surface area contributed by atoms with Gasteiger partial charge in [0.2, 0.25) is 0 Å². The third-order valence-corrected chi connectivity index (χ3v) is 4.76. The highest BCUT2D eigenvalue weighted by molar-refractivity contribution is 5.93. The summed E-state index contributed by atoms with van der Waals surface area (Å²) in [6.07, 6.45) is 0. The molecule has 1 aliphatic rings. The van der Waals surface area contributed by atoms with E-state index in [0.717, 1.165) is 44.1 Å². The Hall–Kier alpha value is -2.51. The molecule has 1 amide bonds. The van der Waals surface area contributed by atoms with E-state index in [4.69, 9.17) is 4.74 Å². The SMILES string of the molecule is Cc1nc(Nc2cccc(C)c2C)cc(C(=O)NCCN2CCOCC2)n1. The van der Waals surface area contributed by atoms with Gasteiger partial charge in [0, 0.05) is 37.9 Å². The monoisotopic (exact) mass is 369 g/mol. The van der Waals surface area contributed by atoms with Crippen LogP contribution in [0, 0.1) is 20.8 Å². The Bertz CT molecular complexity index is 803. The predicted octanol–water partition coefficient (Wildman–Crippen LogP) is 2.21. The molecule has 2 N–H and O–H groups in total. The number of carbonyl (C=O) groups is 1. The first-order valence-electron chi connectivity index (χ1n) is 9.30. The number of aryl methyl sites for hydroxylation is 2. The molecule has 2 aromatic rings. The number of carbonyl (C=O) groups excluding carboxylic acids is 1. The topological polar surface area (TPSA) is 79.4 Å². The minimum Gasteiger partial charge on any atom is -0.379 e. The molecule has 0 radical (unpaired) electrons. The lowest BCUT2D eigenvalue weighted by Gasteiger charge is -2.26. The van der Waals surface area contributed by atoms with Crippen molar-refractivity contribution < 1.29 is 9.53 Å². The molecule has 2 heterocycles. The highest BCUT2D eigenvalue weighted by Gasteiger charge is 2.13.